The van der Waals surface area contributed by atoms with E-state index in [1.54, 1.807) is 24.8 Å². The molecule has 0 fully saturated rings. The van der Waals surface area contributed by atoms with Gasteiger partial charge in [0.05, 0.1) is 5.56 Å². The fraction of sp³-hybridized carbons (Fsp3) is 0.133. The van der Waals surface area contributed by atoms with Crippen molar-refractivity contribution in [2.45, 2.75) is 11.8 Å². The number of anilines is 1. The van der Waals surface area contributed by atoms with Crippen LogP contribution in [-0.4, -0.2) is 17.3 Å². The number of ether oxygens (including phenoxy) is 1. The Morgan fingerprint density at radius 1 is 1.30 bits per heavy atom. The minimum atomic E-state index is -1.06. The Kier molecular flexibility index (Phi) is 4.20. The number of rotatable bonds is 4. The van der Waals surface area contributed by atoms with E-state index in [0.717, 1.165) is 4.90 Å². The summed E-state index contributed by atoms with van der Waals surface area (Å²) < 4.78 is 5.79. The number of hydrogen-bond acceptors (Lipinski definition) is 4. The van der Waals surface area contributed by atoms with Gasteiger partial charge in [0.2, 0.25) is 0 Å². The molecule has 104 valence electrons. The standard InChI is InChI=1S/C15H15NO3S/c1-9-7-10(8-11(14(9)16)15(17)18)19-12-5-3-4-6-13(12)20-2/h3-8H,16H2,1-2H3,(H,17,18). The summed E-state index contributed by atoms with van der Waals surface area (Å²) in [7, 11) is 0. The van der Waals surface area contributed by atoms with Crippen molar-refractivity contribution in [3.63, 3.8) is 0 Å². The van der Waals surface area contributed by atoms with Crippen LogP contribution in [0.25, 0.3) is 0 Å². The number of thioether (sulfide) groups is 1. The van der Waals surface area contributed by atoms with Crippen LogP contribution in [-0.2, 0) is 0 Å². The van der Waals surface area contributed by atoms with Gasteiger partial charge in [0.25, 0.3) is 0 Å². The topological polar surface area (TPSA) is 72.5 Å². The van der Waals surface area contributed by atoms with Crippen LogP contribution in [0, 0.1) is 6.92 Å². The van der Waals surface area contributed by atoms with Gasteiger partial charge in [-0.2, -0.15) is 0 Å². The van der Waals surface area contributed by atoms with Gasteiger partial charge in [-0.25, -0.2) is 4.79 Å². The summed E-state index contributed by atoms with van der Waals surface area (Å²) in [5.74, 6) is 0.102. The van der Waals surface area contributed by atoms with Gasteiger partial charge in [-0.1, -0.05) is 12.1 Å². The van der Waals surface area contributed by atoms with Crippen molar-refractivity contribution < 1.29 is 14.6 Å². The number of carbonyl (C=O) groups is 1. The Bertz CT molecular complexity index is 656. The summed E-state index contributed by atoms with van der Waals surface area (Å²) in [6.07, 6.45) is 1.96. The molecule has 20 heavy (non-hydrogen) atoms. The molecule has 0 heterocycles. The highest BCUT2D eigenvalue weighted by Gasteiger charge is 2.13. The number of hydrogen-bond donors (Lipinski definition) is 2. The van der Waals surface area contributed by atoms with E-state index in [1.807, 2.05) is 30.5 Å². The maximum absolute atomic E-state index is 11.2. The van der Waals surface area contributed by atoms with Gasteiger partial charge in [-0.15, -0.1) is 11.8 Å². The van der Waals surface area contributed by atoms with Crippen molar-refractivity contribution in [1.82, 2.24) is 0 Å². The van der Waals surface area contributed by atoms with E-state index in [0.29, 0.717) is 17.1 Å². The lowest BCUT2D eigenvalue weighted by Crippen LogP contribution is -2.04. The minimum Gasteiger partial charge on any atom is -0.478 e. The highest BCUT2D eigenvalue weighted by Crippen LogP contribution is 2.33. The third-order valence-electron chi connectivity index (χ3n) is 2.89. The number of aromatic carboxylic acids is 1. The summed E-state index contributed by atoms with van der Waals surface area (Å²) in [5, 5.41) is 9.14. The number of para-hydroxylation sites is 1. The molecule has 2 aromatic carbocycles. The third-order valence-corrected chi connectivity index (χ3v) is 3.66. The molecule has 0 bridgehead atoms. The van der Waals surface area contributed by atoms with Crippen molar-refractivity contribution in [3.8, 4) is 11.5 Å². The van der Waals surface area contributed by atoms with E-state index in [9.17, 15) is 4.79 Å². The zero-order valence-corrected chi connectivity index (χ0v) is 12.0. The Morgan fingerprint density at radius 2 is 2.00 bits per heavy atom. The summed E-state index contributed by atoms with van der Waals surface area (Å²) in [6, 6.07) is 10.8. The summed E-state index contributed by atoms with van der Waals surface area (Å²) in [5.41, 5.74) is 6.77. The SMILES string of the molecule is CSc1ccccc1Oc1cc(C)c(N)c(C(=O)O)c1. The average Bonchev–Trinajstić information content (AvgIpc) is 2.43. The molecule has 0 radical (unpaired) electrons. The minimum absolute atomic E-state index is 0.0571. The number of benzene rings is 2. The molecule has 0 atom stereocenters. The second-order valence-corrected chi connectivity index (χ2v) is 5.11. The quantitative estimate of drug-likeness (QED) is 0.661. The molecule has 0 saturated heterocycles. The first-order valence-corrected chi connectivity index (χ1v) is 7.19. The lowest BCUT2D eigenvalue weighted by atomic mass is 10.1. The van der Waals surface area contributed by atoms with E-state index in [1.165, 1.54) is 6.07 Å². The molecule has 2 aromatic rings. The van der Waals surface area contributed by atoms with E-state index >= 15 is 0 Å². The molecule has 0 unspecified atom stereocenters. The van der Waals surface area contributed by atoms with Crippen LogP contribution >= 0.6 is 11.8 Å². The molecule has 0 saturated carbocycles. The first-order chi connectivity index (χ1) is 9.52. The molecule has 2 rings (SSSR count). The third kappa shape index (κ3) is 2.88. The van der Waals surface area contributed by atoms with Crippen molar-refractivity contribution in [3.05, 3.63) is 47.5 Å². The van der Waals surface area contributed by atoms with Crippen LogP contribution < -0.4 is 10.5 Å². The Hall–Kier alpha value is -2.14. The predicted octanol–water partition coefficient (Wildman–Crippen LogP) is 3.79. The fourth-order valence-corrected chi connectivity index (χ4v) is 2.36. The first kappa shape index (κ1) is 14.3. The molecule has 0 spiro atoms. The van der Waals surface area contributed by atoms with Gasteiger partial charge < -0.3 is 15.6 Å². The van der Waals surface area contributed by atoms with Crippen LogP contribution in [0.5, 0.6) is 11.5 Å². The van der Waals surface area contributed by atoms with Gasteiger partial charge in [0.15, 0.2) is 0 Å². The second-order valence-electron chi connectivity index (χ2n) is 4.26. The van der Waals surface area contributed by atoms with Gasteiger partial charge >= 0.3 is 5.97 Å². The van der Waals surface area contributed by atoms with Crippen molar-refractivity contribution >= 4 is 23.4 Å². The molecule has 3 N–H and O–H groups in total. The molecule has 0 aliphatic carbocycles. The highest BCUT2D eigenvalue weighted by molar-refractivity contribution is 7.98. The molecular formula is C15H15NO3S. The van der Waals surface area contributed by atoms with E-state index in [2.05, 4.69) is 0 Å². The van der Waals surface area contributed by atoms with E-state index < -0.39 is 5.97 Å². The van der Waals surface area contributed by atoms with Crippen molar-refractivity contribution in [1.29, 1.82) is 0 Å². The Labute approximate surface area is 121 Å². The number of nitrogens with two attached hydrogens (primary N) is 1. The molecule has 0 aromatic heterocycles. The van der Waals surface area contributed by atoms with Crippen LogP contribution in [0.1, 0.15) is 15.9 Å². The van der Waals surface area contributed by atoms with Crippen LogP contribution in [0.2, 0.25) is 0 Å². The summed E-state index contributed by atoms with van der Waals surface area (Å²) >= 11 is 1.57. The highest BCUT2D eigenvalue weighted by atomic mass is 32.2. The zero-order chi connectivity index (χ0) is 14.7. The number of nitrogen functional groups attached to an aromatic ring is 1. The molecule has 4 nitrogen and oxygen atoms in total. The van der Waals surface area contributed by atoms with Crippen molar-refractivity contribution in [2.24, 2.45) is 0 Å². The molecule has 0 aliphatic rings. The van der Waals surface area contributed by atoms with Gasteiger partial charge in [-0.3, -0.25) is 0 Å². The van der Waals surface area contributed by atoms with Crippen LogP contribution in [0.4, 0.5) is 5.69 Å². The number of aryl methyl sites for hydroxylation is 1. The second kappa shape index (κ2) is 5.88. The Balaban J connectivity index is 2.41. The maximum Gasteiger partial charge on any atom is 0.337 e. The first-order valence-electron chi connectivity index (χ1n) is 5.97. The monoisotopic (exact) mass is 289 g/mol. The van der Waals surface area contributed by atoms with E-state index in [-0.39, 0.29) is 11.3 Å². The average molecular weight is 289 g/mol. The molecule has 0 aliphatic heterocycles. The van der Waals surface area contributed by atoms with E-state index in [4.69, 9.17) is 15.6 Å². The molecule has 5 heteroatoms. The zero-order valence-electron chi connectivity index (χ0n) is 11.2. The van der Waals surface area contributed by atoms with Crippen LogP contribution in [0.15, 0.2) is 41.3 Å². The fourth-order valence-electron chi connectivity index (χ4n) is 1.83. The number of carboxylic acid groups (broad SMARTS) is 1. The largest absolute Gasteiger partial charge is 0.478 e. The van der Waals surface area contributed by atoms with Gasteiger partial charge in [0, 0.05) is 10.6 Å². The predicted molar refractivity (Wildman–Crippen MR) is 80.8 cm³/mol. The molecule has 0 amide bonds. The molecular weight excluding hydrogens is 274 g/mol. The van der Waals surface area contributed by atoms with Gasteiger partial charge in [0.1, 0.15) is 11.5 Å². The normalized spacial score (nSPS) is 10.3. The lowest BCUT2D eigenvalue weighted by Gasteiger charge is -2.12. The lowest BCUT2D eigenvalue weighted by molar-refractivity contribution is 0.0697. The summed E-state index contributed by atoms with van der Waals surface area (Å²) in [4.78, 5) is 12.1. The Morgan fingerprint density at radius 3 is 2.65 bits per heavy atom. The van der Waals surface area contributed by atoms with Gasteiger partial charge in [-0.05, 0) is 43.0 Å². The van der Waals surface area contributed by atoms with Crippen LogP contribution in [0.3, 0.4) is 0 Å². The summed E-state index contributed by atoms with van der Waals surface area (Å²) in [6.45, 7) is 1.76. The van der Waals surface area contributed by atoms with Crippen molar-refractivity contribution in [2.75, 3.05) is 12.0 Å². The maximum atomic E-state index is 11.2. The number of carboxylic acids is 1. The smallest absolute Gasteiger partial charge is 0.337 e.